The van der Waals surface area contributed by atoms with Gasteiger partial charge in [-0.3, -0.25) is 14.9 Å². The Morgan fingerprint density at radius 3 is 2.95 bits per heavy atom. The van der Waals surface area contributed by atoms with Crippen LogP contribution in [-0.4, -0.2) is 34.9 Å². The maximum Gasteiger partial charge on any atom is 0.270 e. The number of likely N-dealkylation sites (tertiary alicyclic amines) is 1. The second-order valence-electron chi connectivity index (χ2n) is 4.74. The Hall–Kier alpha value is -1.63. The van der Waals surface area contributed by atoms with Crippen LogP contribution in [-0.2, 0) is 4.79 Å². The summed E-state index contributed by atoms with van der Waals surface area (Å²) in [5, 5.41) is 14.0. The van der Waals surface area contributed by atoms with E-state index in [1.54, 1.807) is 6.07 Å². The zero-order chi connectivity index (χ0) is 14.7. The fourth-order valence-corrected chi connectivity index (χ4v) is 2.76. The van der Waals surface area contributed by atoms with Crippen molar-refractivity contribution in [2.45, 2.75) is 25.8 Å². The number of nitrogens with zero attached hydrogens (tertiary/aromatic N) is 2. The molecule has 1 aromatic rings. The molecule has 108 valence electrons. The van der Waals surface area contributed by atoms with Crippen molar-refractivity contribution < 1.29 is 9.72 Å². The number of hydrogen-bond acceptors (Lipinski definition) is 4. The van der Waals surface area contributed by atoms with E-state index in [4.69, 9.17) is 0 Å². The summed E-state index contributed by atoms with van der Waals surface area (Å²) < 4.78 is 0.659. The SMILES string of the molecule is CCC(=O)N1CCC(Nc2ccc([N+](=O)[O-])cc2Br)C1. The third kappa shape index (κ3) is 3.27. The summed E-state index contributed by atoms with van der Waals surface area (Å²) in [6, 6.07) is 4.82. The molecule has 1 unspecified atom stereocenters. The molecule has 0 spiro atoms. The lowest BCUT2D eigenvalue weighted by Gasteiger charge is -2.17. The van der Waals surface area contributed by atoms with E-state index in [1.807, 2.05) is 11.8 Å². The van der Waals surface area contributed by atoms with Gasteiger partial charge in [-0.2, -0.15) is 0 Å². The number of non-ortho nitro benzene ring substituents is 1. The van der Waals surface area contributed by atoms with Gasteiger partial charge in [0.05, 0.1) is 4.92 Å². The molecule has 0 saturated carbocycles. The number of nitro benzene ring substituents is 1. The number of halogens is 1. The van der Waals surface area contributed by atoms with E-state index in [2.05, 4.69) is 21.2 Å². The Kier molecular flexibility index (Phi) is 4.59. The molecule has 6 nitrogen and oxygen atoms in total. The first-order chi connectivity index (χ1) is 9.51. The van der Waals surface area contributed by atoms with Gasteiger partial charge in [0, 0.05) is 47.8 Å². The fraction of sp³-hybridized carbons (Fsp3) is 0.462. The first kappa shape index (κ1) is 14.8. The molecule has 20 heavy (non-hydrogen) atoms. The average Bonchev–Trinajstić information content (AvgIpc) is 2.88. The smallest absolute Gasteiger partial charge is 0.270 e. The quantitative estimate of drug-likeness (QED) is 0.674. The zero-order valence-corrected chi connectivity index (χ0v) is 12.7. The van der Waals surface area contributed by atoms with Gasteiger partial charge in [-0.1, -0.05) is 6.92 Å². The lowest BCUT2D eigenvalue weighted by Crippen LogP contribution is -2.30. The highest BCUT2D eigenvalue weighted by atomic mass is 79.9. The van der Waals surface area contributed by atoms with E-state index >= 15 is 0 Å². The van der Waals surface area contributed by atoms with E-state index in [0.29, 0.717) is 17.4 Å². The molecule has 1 aliphatic heterocycles. The maximum atomic E-state index is 11.6. The van der Waals surface area contributed by atoms with E-state index in [1.165, 1.54) is 12.1 Å². The van der Waals surface area contributed by atoms with E-state index < -0.39 is 4.92 Å². The summed E-state index contributed by atoms with van der Waals surface area (Å²) in [7, 11) is 0. The summed E-state index contributed by atoms with van der Waals surface area (Å²) in [5.41, 5.74) is 0.864. The number of benzene rings is 1. The molecule has 1 aliphatic rings. The molecule has 1 saturated heterocycles. The van der Waals surface area contributed by atoms with E-state index in [9.17, 15) is 14.9 Å². The summed E-state index contributed by atoms with van der Waals surface area (Å²) in [4.78, 5) is 23.7. The van der Waals surface area contributed by atoms with Crippen molar-refractivity contribution >= 4 is 33.2 Å². The molecule has 2 rings (SSSR count). The standard InChI is InChI=1S/C13H16BrN3O3/c1-2-13(18)16-6-5-9(8-16)15-12-4-3-10(17(19)20)7-11(12)14/h3-4,7,9,15H,2,5-6,8H2,1H3. The number of nitro groups is 1. The molecule has 1 N–H and O–H groups in total. The molecular formula is C13H16BrN3O3. The van der Waals surface area contributed by atoms with Crippen molar-refractivity contribution in [2.24, 2.45) is 0 Å². The zero-order valence-electron chi connectivity index (χ0n) is 11.1. The van der Waals surface area contributed by atoms with Gasteiger partial charge in [-0.25, -0.2) is 0 Å². The Bertz CT molecular complexity index is 536. The third-order valence-electron chi connectivity index (χ3n) is 3.37. The van der Waals surface area contributed by atoms with Crippen LogP contribution in [0.4, 0.5) is 11.4 Å². The van der Waals surface area contributed by atoms with Gasteiger partial charge in [0.15, 0.2) is 0 Å². The monoisotopic (exact) mass is 341 g/mol. The molecular weight excluding hydrogens is 326 g/mol. The Balaban J connectivity index is 2.01. The highest BCUT2D eigenvalue weighted by Gasteiger charge is 2.25. The minimum Gasteiger partial charge on any atom is -0.380 e. The number of carbonyl (C=O) groups is 1. The molecule has 0 aromatic heterocycles. The number of rotatable bonds is 4. The summed E-state index contributed by atoms with van der Waals surface area (Å²) in [5.74, 6) is 0.164. The molecule has 0 aliphatic carbocycles. The Morgan fingerprint density at radius 2 is 2.35 bits per heavy atom. The van der Waals surface area contributed by atoms with Crippen molar-refractivity contribution in [1.82, 2.24) is 4.90 Å². The molecule has 0 radical (unpaired) electrons. The predicted octanol–water partition coefficient (Wildman–Crippen LogP) is 2.78. The molecule has 0 bridgehead atoms. The Morgan fingerprint density at radius 1 is 1.60 bits per heavy atom. The lowest BCUT2D eigenvalue weighted by molar-refractivity contribution is -0.384. The second kappa shape index (κ2) is 6.21. The molecule has 1 atom stereocenters. The van der Waals surface area contributed by atoms with Gasteiger partial charge in [-0.05, 0) is 28.4 Å². The maximum absolute atomic E-state index is 11.6. The molecule has 1 amide bonds. The van der Waals surface area contributed by atoms with Crippen molar-refractivity contribution in [2.75, 3.05) is 18.4 Å². The van der Waals surface area contributed by atoms with Gasteiger partial charge < -0.3 is 10.2 Å². The summed E-state index contributed by atoms with van der Waals surface area (Å²) >= 11 is 3.33. The minimum absolute atomic E-state index is 0.0524. The van der Waals surface area contributed by atoms with Gasteiger partial charge in [0.2, 0.25) is 5.91 Å². The van der Waals surface area contributed by atoms with Crippen LogP contribution in [0.2, 0.25) is 0 Å². The number of hydrogen-bond donors (Lipinski definition) is 1. The number of carbonyl (C=O) groups excluding carboxylic acids is 1. The second-order valence-corrected chi connectivity index (χ2v) is 5.60. The van der Waals surface area contributed by atoms with Crippen LogP contribution < -0.4 is 5.32 Å². The fourth-order valence-electron chi connectivity index (χ4n) is 2.28. The van der Waals surface area contributed by atoms with E-state index in [-0.39, 0.29) is 17.6 Å². The highest BCUT2D eigenvalue weighted by molar-refractivity contribution is 9.10. The normalized spacial score (nSPS) is 18.1. The summed E-state index contributed by atoms with van der Waals surface area (Å²) in [6.07, 6.45) is 1.41. The van der Waals surface area contributed by atoms with Gasteiger partial charge in [-0.15, -0.1) is 0 Å². The van der Waals surface area contributed by atoms with Crippen molar-refractivity contribution in [3.05, 3.63) is 32.8 Å². The highest BCUT2D eigenvalue weighted by Crippen LogP contribution is 2.28. The number of nitrogens with one attached hydrogen (secondary N) is 1. The van der Waals surface area contributed by atoms with Gasteiger partial charge in [0.1, 0.15) is 0 Å². The first-order valence-corrected chi connectivity index (χ1v) is 7.28. The van der Waals surface area contributed by atoms with Crippen LogP contribution in [0.5, 0.6) is 0 Å². The van der Waals surface area contributed by atoms with Crippen LogP contribution >= 0.6 is 15.9 Å². The number of amides is 1. The lowest BCUT2D eigenvalue weighted by atomic mass is 10.2. The predicted molar refractivity (Wildman–Crippen MR) is 79.7 cm³/mol. The van der Waals surface area contributed by atoms with Crippen molar-refractivity contribution in [1.29, 1.82) is 0 Å². The third-order valence-corrected chi connectivity index (χ3v) is 4.02. The van der Waals surface area contributed by atoms with Crippen LogP contribution in [0.15, 0.2) is 22.7 Å². The van der Waals surface area contributed by atoms with Gasteiger partial charge in [0.25, 0.3) is 5.69 Å². The average molecular weight is 342 g/mol. The van der Waals surface area contributed by atoms with Crippen LogP contribution in [0.25, 0.3) is 0 Å². The first-order valence-electron chi connectivity index (χ1n) is 6.49. The van der Waals surface area contributed by atoms with E-state index in [0.717, 1.165) is 18.7 Å². The largest absolute Gasteiger partial charge is 0.380 e. The van der Waals surface area contributed by atoms with Crippen LogP contribution in [0.3, 0.4) is 0 Å². The molecule has 7 heteroatoms. The van der Waals surface area contributed by atoms with Crippen molar-refractivity contribution in [3.63, 3.8) is 0 Å². The number of anilines is 1. The Labute approximate surface area is 125 Å². The minimum atomic E-state index is -0.425. The van der Waals surface area contributed by atoms with Crippen LogP contribution in [0, 0.1) is 10.1 Å². The molecule has 1 heterocycles. The van der Waals surface area contributed by atoms with Crippen molar-refractivity contribution in [3.8, 4) is 0 Å². The molecule has 1 fully saturated rings. The van der Waals surface area contributed by atoms with Gasteiger partial charge >= 0.3 is 0 Å². The van der Waals surface area contributed by atoms with Crippen LogP contribution in [0.1, 0.15) is 19.8 Å². The summed E-state index contributed by atoms with van der Waals surface area (Å²) in [6.45, 7) is 3.29. The topological polar surface area (TPSA) is 75.5 Å². The molecule has 1 aromatic carbocycles.